The van der Waals surface area contributed by atoms with Gasteiger partial charge in [0.05, 0.1) is 12.6 Å². The van der Waals surface area contributed by atoms with E-state index in [0.29, 0.717) is 12.2 Å². The van der Waals surface area contributed by atoms with Gasteiger partial charge in [-0.3, -0.25) is 4.40 Å². The molecule has 0 atom stereocenters. The molecule has 1 aliphatic rings. The van der Waals surface area contributed by atoms with Gasteiger partial charge in [-0.1, -0.05) is 6.07 Å². The standard InChI is InChI=1S/C13H18N4O2/c18-11-4-7-15(8-5-11)9-10-17-13(19)16-6-2-1-3-12(16)14-17/h1-3,6,11,18H,4-5,7-10H2. The van der Waals surface area contributed by atoms with Crippen LogP contribution in [-0.4, -0.2) is 49.9 Å². The number of aliphatic hydroxyl groups excluding tert-OH is 1. The molecule has 2 aromatic heterocycles. The van der Waals surface area contributed by atoms with Crippen LogP contribution in [0.25, 0.3) is 5.65 Å². The lowest BCUT2D eigenvalue weighted by Crippen LogP contribution is -2.38. The number of hydrogen-bond donors (Lipinski definition) is 1. The summed E-state index contributed by atoms with van der Waals surface area (Å²) in [7, 11) is 0. The Labute approximate surface area is 110 Å². The van der Waals surface area contributed by atoms with Gasteiger partial charge in [0.2, 0.25) is 0 Å². The normalized spacial score (nSPS) is 18.2. The minimum atomic E-state index is -0.158. The van der Waals surface area contributed by atoms with Crippen molar-refractivity contribution in [2.45, 2.75) is 25.5 Å². The molecule has 1 saturated heterocycles. The van der Waals surface area contributed by atoms with Crippen LogP contribution in [0.3, 0.4) is 0 Å². The van der Waals surface area contributed by atoms with E-state index in [1.54, 1.807) is 10.6 Å². The molecule has 0 bridgehead atoms. The summed E-state index contributed by atoms with van der Waals surface area (Å²) in [6.45, 7) is 3.18. The van der Waals surface area contributed by atoms with Gasteiger partial charge in [-0.05, 0) is 25.0 Å². The van der Waals surface area contributed by atoms with Crippen LogP contribution in [0.5, 0.6) is 0 Å². The highest BCUT2D eigenvalue weighted by atomic mass is 16.3. The Balaban J connectivity index is 1.69. The Morgan fingerprint density at radius 1 is 1.26 bits per heavy atom. The fourth-order valence-corrected chi connectivity index (χ4v) is 2.49. The summed E-state index contributed by atoms with van der Waals surface area (Å²) in [5.74, 6) is 0. The molecule has 3 heterocycles. The second kappa shape index (κ2) is 5.14. The Hall–Kier alpha value is -1.66. The van der Waals surface area contributed by atoms with Crippen molar-refractivity contribution in [3.05, 3.63) is 34.9 Å². The Bertz CT molecular complexity index is 610. The number of piperidine rings is 1. The summed E-state index contributed by atoms with van der Waals surface area (Å²) in [6, 6.07) is 5.53. The fourth-order valence-electron chi connectivity index (χ4n) is 2.49. The molecule has 0 saturated carbocycles. The minimum absolute atomic E-state index is 0.0901. The molecule has 0 aliphatic carbocycles. The van der Waals surface area contributed by atoms with E-state index in [9.17, 15) is 9.90 Å². The first kappa shape index (κ1) is 12.4. The monoisotopic (exact) mass is 262 g/mol. The second-order valence-corrected chi connectivity index (χ2v) is 5.01. The minimum Gasteiger partial charge on any atom is -0.393 e. The highest BCUT2D eigenvalue weighted by Crippen LogP contribution is 2.09. The van der Waals surface area contributed by atoms with Gasteiger partial charge in [0.1, 0.15) is 0 Å². The molecule has 6 nitrogen and oxygen atoms in total. The lowest BCUT2D eigenvalue weighted by Gasteiger charge is -2.29. The second-order valence-electron chi connectivity index (χ2n) is 5.01. The average Bonchev–Trinajstić information content (AvgIpc) is 2.76. The van der Waals surface area contributed by atoms with Gasteiger partial charge >= 0.3 is 5.69 Å². The van der Waals surface area contributed by atoms with E-state index in [4.69, 9.17) is 0 Å². The topological polar surface area (TPSA) is 62.8 Å². The van der Waals surface area contributed by atoms with Crippen molar-refractivity contribution in [1.82, 2.24) is 19.1 Å². The van der Waals surface area contributed by atoms with Crippen LogP contribution in [0.2, 0.25) is 0 Å². The van der Waals surface area contributed by atoms with E-state index < -0.39 is 0 Å². The quantitative estimate of drug-likeness (QED) is 0.842. The lowest BCUT2D eigenvalue weighted by atomic mass is 10.1. The SMILES string of the molecule is O=c1n(CCN2CCC(O)CC2)nc2ccccn12. The molecule has 102 valence electrons. The molecule has 6 heteroatoms. The van der Waals surface area contributed by atoms with Crippen molar-refractivity contribution in [2.24, 2.45) is 0 Å². The largest absolute Gasteiger partial charge is 0.393 e. The summed E-state index contributed by atoms with van der Waals surface area (Å²) in [5, 5.41) is 13.8. The molecule has 1 aliphatic heterocycles. The lowest BCUT2D eigenvalue weighted by molar-refractivity contribution is 0.0803. The zero-order valence-corrected chi connectivity index (χ0v) is 10.8. The van der Waals surface area contributed by atoms with Crippen molar-refractivity contribution in [2.75, 3.05) is 19.6 Å². The zero-order chi connectivity index (χ0) is 13.2. The number of likely N-dealkylation sites (tertiary alicyclic amines) is 1. The highest BCUT2D eigenvalue weighted by molar-refractivity contribution is 5.35. The molecule has 3 rings (SSSR count). The molecular weight excluding hydrogens is 244 g/mol. The molecule has 0 aromatic carbocycles. The van der Waals surface area contributed by atoms with E-state index >= 15 is 0 Å². The fraction of sp³-hybridized carbons (Fsp3) is 0.538. The van der Waals surface area contributed by atoms with Crippen LogP contribution < -0.4 is 5.69 Å². The number of aliphatic hydroxyl groups is 1. The van der Waals surface area contributed by atoms with Crippen molar-refractivity contribution < 1.29 is 5.11 Å². The molecular formula is C13H18N4O2. The predicted molar refractivity (Wildman–Crippen MR) is 71.1 cm³/mol. The third-order valence-corrected chi connectivity index (χ3v) is 3.67. The average molecular weight is 262 g/mol. The van der Waals surface area contributed by atoms with Crippen LogP contribution in [0.1, 0.15) is 12.8 Å². The Kier molecular flexibility index (Phi) is 3.35. The van der Waals surface area contributed by atoms with E-state index in [0.717, 1.165) is 32.5 Å². The number of fused-ring (bicyclic) bond motifs is 1. The molecule has 0 amide bonds. The van der Waals surface area contributed by atoms with Gasteiger partial charge in [0.15, 0.2) is 5.65 Å². The number of aromatic nitrogens is 3. The summed E-state index contributed by atoms with van der Waals surface area (Å²) in [4.78, 5) is 14.3. The molecule has 0 spiro atoms. The van der Waals surface area contributed by atoms with Crippen LogP contribution in [-0.2, 0) is 6.54 Å². The number of hydrogen-bond acceptors (Lipinski definition) is 4. The van der Waals surface area contributed by atoms with E-state index in [-0.39, 0.29) is 11.8 Å². The number of rotatable bonds is 3. The van der Waals surface area contributed by atoms with Crippen LogP contribution in [0.4, 0.5) is 0 Å². The van der Waals surface area contributed by atoms with Crippen molar-refractivity contribution in [3.8, 4) is 0 Å². The van der Waals surface area contributed by atoms with E-state index in [1.165, 1.54) is 4.68 Å². The first-order valence-corrected chi connectivity index (χ1v) is 6.69. The summed E-state index contributed by atoms with van der Waals surface area (Å²) in [5.41, 5.74) is 0.592. The molecule has 19 heavy (non-hydrogen) atoms. The molecule has 0 unspecified atom stereocenters. The highest BCUT2D eigenvalue weighted by Gasteiger charge is 2.17. The van der Waals surface area contributed by atoms with Gasteiger partial charge in [0.25, 0.3) is 0 Å². The molecule has 0 radical (unpaired) electrons. The summed E-state index contributed by atoms with van der Waals surface area (Å²) in [6.07, 6.45) is 3.22. The summed E-state index contributed by atoms with van der Waals surface area (Å²) < 4.78 is 3.07. The number of nitrogens with zero attached hydrogens (tertiary/aromatic N) is 4. The smallest absolute Gasteiger partial charge is 0.350 e. The van der Waals surface area contributed by atoms with Gasteiger partial charge < -0.3 is 10.0 Å². The maximum Gasteiger partial charge on any atom is 0.350 e. The predicted octanol–water partition coefficient (Wildman–Crippen LogP) is -0.0473. The maximum atomic E-state index is 12.1. The van der Waals surface area contributed by atoms with Gasteiger partial charge in [0, 0.05) is 25.8 Å². The molecule has 1 N–H and O–H groups in total. The van der Waals surface area contributed by atoms with E-state index in [2.05, 4.69) is 10.00 Å². The van der Waals surface area contributed by atoms with Gasteiger partial charge in [-0.2, -0.15) is 0 Å². The first-order chi connectivity index (χ1) is 9.24. The van der Waals surface area contributed by atoms with Crippen molar-refractivity contribution in [3.63, 3.8) is 0 Å². The zero-order valence-electron chi connectivity index (χ0n) is 10.8. The Morgan fingerprint density at radius 3 is 2.79 bits per heavy atom. The Morgan fingerprint density at radius 2 is 2.05 bits per heavy atom. The van der Waals surface area contributed by atoms with E-state index in [1.807, 2.05) is 18.2 Å². The molecule has 1 fully saturated rings. The van der Waals surface area contributed by atoms with Gasteiger partial charge in [-0.15, -0.1) is 5.10 Å². The maximum absolute atomic E-state index is 12.1. The van der Waals surface area contributed by atoms with Gasteiger partial charge in [-0.25, -0.2) is 9.48 Å². The van der Waals surface area contributed by atoms with Crippen LogP contribution >= 0.6 is 0 Å². The first-order valence-electron chi connectivity index (χ1n) is 6.69. The summed E-state index contributed by atoms with van der Waals surface area (Å²) >= 11 is 0. The third-order valence-electron chi connectivity index (χ3n) is 3.67. The number of pyridine rings is 1. The third kappa shape index (κ3) is 2.54. The van der Waals surface area contributed by atoms with Crippen LogP contribution in [0, 0.1) is 0 Å². The van der Waals surface area contributed by atoms with Crippen molar-refractivity contribution >= 4 is 5.65 Å². The molecule has 2 aromatic rings. The van der Waals surface area contributed by atoms with Crippen LogP contribution in [0.15, 0.2) is 29.2 Å². The van der Waals surface area contributed by atoms with Crippen molar-refractivity contribution in [1.29, 1.82) is 0 Å².